The van der Waals surface area contributed by atoms with Gasteiger partial charge >= 0.3 is 0 Å². The predicted molar refractivity (Wildman–Crippen MR) is 102 cm³/mol. The van der Waals surface area contributed by atoms with Gasteiger partial charge in [-0.15, -0.1) is 0 Å². The Balaban J connectivity index is 1.82. The van der Waals surface area contributed by atoms with Crippen molar-refractivity contribution in [3.8, 4) is 0 Å². The number of ether oxygens (including phenoxy) is 2. The SMILES string of the molecule is COCC(=O)NCc1cnc2cc(C)nn2c1C1CCN(C(=O)COC)CC1. The van der Waals surface area contributed by atoms with Crippen LogP contribution in [0.5, 0.6) is 0 Å². The van der Waals surface area contributed by atoms with Crippen LogP contribution in [0.15, 0.2) is 12.3 Å². The first-order chi connectivity index (χ1) is 13.5. The maximum absolute atomic E-state index is 12.1. The van der Waals surface area contributed by atoms with Crippen molar-refractivity contribution < 1.29 is 19.1 Å². The van der Waals surface area contributed by atoms with Crippen LogP contribution in [0.2, 0.25) is 0 Å². The molecule has 1 saturated heterocycles. The number of piperidine rings is 1. The van der Waals surface area contributed by atoms with E-state index in [-0.39, 0.29) is 30.9 Å². The Kier molecular flexibility index (Phi) is 6.58. The molecule has 9 heteroatoms. The fraction of sp³-hybridized carbons (Fsp3) is 0.579. The van der Waals surface area contributed by atoms with Crippen LogP contribution >= 0.6 is 0 Å². The van der Waals surface area contributed by atoms with Gasteiger partial charge in [0.1, 0.15) is 13.2 Å². The Hall–Kier alpha value is -2.52. The van der Waals surface area contributed by atoms with Crippen molar-refractivity contribution in [2.45, 2.75) is 32.2 Å². The largest absolute Gasteiger partial charge is 0.375 e. The van der Waals surface area contributed by atoms with Crippen LogP contribution in [0, 0.1) is 6.92 Å². The lowest BCUT2D eigenvalue weighted by Crippen LogP contribution is -2.40. The summed E-state index contributed by atoms with van der Waals surface area (Å²) in [5, 5.41) is 7.48. The Bertz CT molecular complexity index is 842. The Morgan fingerprint density at radius 2 is 1.93 bits per heavy atom. The molecule has 3 rings (SSSR count). The van der Waals surface area contributed by atoms with E-state index in [2.05, 4.69) is 15.4 Å². The van der Waals surface area contributed by atoms with E-state index >= 15 is 0 Å². The van der Waals surface area contributed by atoms with E-state index in [0.29, 0.717) is 19.6 Å². The standard InChI is InChI=1S/C19H27N5O4/c1-13-8-16-20-9-15(10-21-17(25)11-27-2)19(24(16)22-13)14-4-6-23(7-5-14)18(26)12-28-3/h8-9,14H,4-7,10-12H2,1-3H3,(H,21,25). The predicted octanol–water partition coefficient (Wildman–Crippen LogP) is 0.653. The minimum absolute atomic E-state index is 0.0165. The van der Waals surface area contributed by atoms with E-state index in [1.54, 1.807) is 6.20 Å². The third-order valence-corrected chi connectivity index (χ3v) is 4.98. The molecule has 2 amide bonds. The first-order valence-electron chi connectivity index (χ1n) is 9.40. The fourth-order valence-electron chi connectivity index (χ4n) is 3.67. The first-order valence-corrected chi connectivity index (χ1v) is 9.40. The van der Waals surface area contributed by atoms with Crippen LogP contribution in [0.1, 0.15) is 35.7 Å². The molecule has 1 fully saturated rings. The van der Waals surface area contributed by atoms with Crippen LogP contribution in [0.4, 0.5) is 0 Å². The minimum Gasteiger partial charge on any atom is -0.375 e. The van der Waals surface area contributed by atoms with E-state index in [0.717, 1.165) is 35.4 Å². The van der Waals surface area contributed by atoms with Gasteiger partial charge in [-0.25, -0.2) is 9.50 Å². The number of carbonyl (C=O) groups excluding carboxylic acids is 2. The number of aryl methyl sites for hydroxylation is 1. The van der Waals surface area contributed by atoms with Crippen LogP contribution < -0.4 is 5.32 Å². The topological polar surface area (TPSA) is 98.1 Å². The highest BCUT2D eigenvalue weighted by Crippen LogP contribution is 2.30. The Morgan fingerprint density at radius 1 is 1.21 bits per heavy atom. The quantitative estimate of drug-likeness (QED) is 0.747. The molecular formula is C19H27N5O4. The molecule has 0 bridgehead atoms. The molecule has 0 saturated carbocycles. The van der Waals surface area contributed by atoms with Crippen molar-refractivity contribution in [1.29, 1.82) is 0 Å². The van der Waals surface area contributed by atoms with Crippen molar-refractivity contribution in [2.75, 3.05) is 40.5 Å². The van der Waals surface area contributed by atoms with E-state index in [9.17, 15) is 9.59 Å². The third kappa shape index (κ3) is 4.48. The first kappa shape index (κ1) is 20.2. The van der Waals surface area contributed by atoms with Gasteiger partial charge in [-0.3, -0.25) is 9.59 Å². The highest BCUT2D eigenvalue weighted by atomic mass is 16.5. The van der Waals surface area contributed by atoms with Crippen LogP contribution in [0.3, 0.4) is 0 Å². The molecular weight excluding hydrogens is 362 g/mol. The molecule has 0 aromatic carbocycles. The Morgan fingerprint density at radius 3 is 2.61 bits per heavy atom. The molecule has 0 atom stereocenters. The monoisotopic (exact) mass is 389 g/mol. The maximum atomic E-state index is 12.1. The second-order valence-corrected chi connectivity index (χ2v) is 7.02. The molecule has 2 aromatic heterocycles. The van der Waals surface area contributed by atoms with Crippen molar-refractivity contribution in [3.05, 3.63) is 29.2 Å². The van der Waals surface area contributed by atoms with Gasteiger partial charge in [0.15, 0.2) is 5.65 Å². The summed E-state index contributed by atoms with van der Waals surface area (Å²) in [6.45, 7) is 3.77. The molecule has 0 spiro atoms. The highest BCUT2D eigenvalue weighted by molar-refractivity contribution is 5.77. The summed E-state index contributed by atoms with van der Waals surface area (Å²) in [6, 6.07) is 1.94. The molecule has 2 aromatic rings. The van der Waals surface area contributed by atoms with Gasteiger partial charge in [-0.05, 0) is 19.8 Å². The molecule has 1 N–H and O–H groups in total. The van der Waals surface area contributed by atoms with Gasteiger partial charge in [0.2, 0.25) is 11.8 Å². The van der Waals surface area contributed by atoms with E-state index < -0.39 is 0 Å². The zero-order valence-corrected chi connectivity index (χ0v) is 16.6. The smallest absolute Gasteiger partial charge is 0.248 e. The lowest BCUT2D eigenvalue weighted by atomic mass is 9.90. The average Bonchev–Trinajstić information content (AvgIpc) is 3.06. The van der Waals surface area contributed by atoms with Crippen molar-refractivity contribution >= 4 is 17.5 Å². The maximum Gasteiger partial charge on any atom is 0.248 e. The summed E-state index contributed by atoms with van der Waals surface area (Å²) < 4.78 is 11.7. The number of amides is 2. The van der Waals surface area contributed by atoms with Crippen molar-refractivity contribution in [2.24, 2.45) is 0 Å². The number of nitrogens with zero attached hydrogens (tertiary/aromatic N) is 4. The van der Waals surface area contributed by atoms with Gasteiger partial charge in [0, 0.05) is 57.6 Å². The highest BCUT2D eigenvalue weighted by Gasteiger charge is 2.27. The number of fused-ring (bicyclic) bond motifs is 1. The zero-order chi connectivity index (χ0) is 20.1. The Labute approximate surface area is 164 Å². The summed E-state index contributed by atoms with van der Waals surface area (Å²) in [5.41, 5.74) is 3.66. The van der Waals surface area contributed by atoms with Gasteiger partial charge in [-0.1, -0.05) is 0 Å². The second kappa shape index (κ2) is 9.11. The molecule has 3 heterocycles. The minimum atomic E-state index is -0.176. The molecule has 0 aliphatic carbocycles. The number of hydrogen-bond acceptors (Lipinski definition) is 6. The molecule has 1 aliphatic rings. The van der Waals surface area contributed by atoms with Crippen LogP contribution in [-0.2, 0) is 25.6 Å². The van der Waals surface area contributed by atoms with Crippen molar-refractivity contribution in [1.82, 2.24) is 24.8 Å². The number of rotatable bonds is 7. The molecule has 28 heavy (non-hydrogen) atoms. The molecule has 152 valence electrons. The van der Waals surface area contributed by atoms with Gasteiger partial charge in [0.05, 0.1) is 11.4 Å². The number of nitrogens with one attached hydrogen (secondary N) is 1. The molecule has 9 nitrogen and oxygen atoms in total. The zero-order valence-electron chi connectivity index (χ0n) is 16.6. The lowest BCUT2D eigenvalue weighted by Gasteiger charge is -2.33. The summed E-state index contributed by atoms with van der Waals surface area (Å²) >= 11 is 0. The normalized spacial score (nSPS) is 15.2. The molecule has 1 aliphatic heterocycles. The summed E-state index contributed by atoms with van der Waals surface area (Å²) in [7, 11) is 3.02. The van der Waals surface area contributed by atoms with Gasteiger partial charge < -0.3 is 19.7 Å². The van der Waals surface area contributed by atoms with Gasteiger partial charge in [0.25, 0.3) is 0 Å². The van der Waals surface area contributed by atoms with E-state index in [4.69, 9.17) is 9.47 Å². The van der Waals surface area contributed by atoms with Gasteiger partial charge in [-0.2, -0.15) is 5.10 Å². The second-order valence-electron chi connectivity index (χ2n) is 7.02. The average molecular weight is 389 g/mol. The molecule has 0 unspecified atom stereocenters. The number of carbonyl (C=O) groups is 2. The van der Waals surface area contributed by atoms with E-state index in [1.807, 2.05) is 22.4 Å². The summed E-state index contributed by atoms with van der Waals surface area (Å²) in [4.78, 5) is 30.2. The number of methoxy groups -OCH3 is 2. The summed E-state index contributed by atoms with van der Waals surface area (Å²) in [5.74, 6) is 0.0682. The van der Waals surface area contributed by atoms with E-state index in [1.165, 1.54) is 14.2 Å². The van der Waals surface area contributed by atoms with Crippen LogP contribution in [0.25, 0.3) is 5.65 Å². The number of likely N-dealkylation sites (tertiary alicyclic amines) is 1. The third-order valence-electron chi connectivity index (χ3n) is 4.98. The summed E-state index contributed by atoms with van der Waals surface area (Å²) in [6.07, 6.45) is 3.46. The number of aromatic nitrogens is 3. The fourth-order valence-corrected chi connectivity index (χ4v) is 3.67. The van der Waals surface area contributed by atoms with Crippen LogP contribution in [-0.4, -0.2) is 71.8 Å². The number of hydrogen-bond donors (Lipinski definition) is 1. The lowest BCUT2D eigenvalue weighted by molar-refractivity contribution is -0.136. The molecule has 0 radical (unpaired) electrons. The van der Waals surface area contributed by atoms with Crippen molar-refractivity contribution in [3.63, 3.8) is 0 Å².